The Kier molecular flexibility index (Phi) is 8.09. The number of allylic oxidation sites excluding steroid dienone is 2. The molecule has 1 aliphatic rings. The quantitative estimate of drug-likeness (QED) is 0.159. The van der Waals surface area contributed by atoms with Gasteiger partial charge in [0.2, 0.25) is 6.29 Å². The van der Waals surface area contributed by atoms with Crippen LogP contribution in [-0.4, -0.2) is 31.4 Å². The summed E-state index contributed by atoms with van der Waals surface area (Å²) in [5, 5.41) is 5.99. The summed E-state index contributed by atoms with van der Waals surface area (Å²) >= 11 is 0. The van der Waals surface area contributed by atoms with Gasteiger partial charge < -0.3 is 18.6 Å². The molecule has 7 aromatic carbocycles. The third-order valence-corrected chi connectivity index (χ3v) is 12.0. The highest BCUT2D eigenvalue weighted by atomic mass is 15.4. The Labute approximate surface area is 343 Å². The van der Waals surface area contributed by atoms with Gasteiger partial charge in [-0.3, -0.25) is 0 Å². The first kappa shape index (κ1) is 34.6. The molecule has 0 amide bonds. The van der Waals surface area contributed by atoms with Gasteiger partial charge in [0, 0.05) is 62.0 Å². The topological polar surface area (TPSA) is 30.4 Å². The average molecular weight is 760 g/mol. The summed E-state index contributed by atoms with van der Waals surface area (Å²) in [4.78, 5) is 8.17. The molecule has 5 nitrogen and oxygen atoms in total. The zero-order valence-corrected chi connectivity index (χ0v) is 33.0. The molecule has 1 aliphatic heterocycles. The third kappa shape index (κ3) is 5.21. The zero-order chi connectivity index (χ0) is 39.6. The van der Waals surface area contributed by atoms with E-state index in [-0.39, 0.29) is 0 Å². The van der Waals surface area contributed by atoms with Crippen molar-refractivity contribution in [3.63, 3.8) is 0 Å². The van der Waals surface area contributed by atoms with Crippen LogP contribution in [0, 0.1) is 0 Å². The molecule has 0 saturated heterocycles. The number of hydrogen-bond donors (Lipinski definition) is 0. The maximum absolute atomic E-state index is 5.82. The minimum absolute atomic E-state index is 0.413. The average Bonchev–Trinajstić information content (AvgIpc) is 3.93. The zero-order valence-electron chi connectivity index (χ0n) is 33.0. The standard InChI is InChI=1S/C54H41N5/c1-4-20-38-42-29-19-31-45(53(42)57(47(38)5-2)36-21-8-6-9-22-36)51-35-46(55-54(56(51)3)59-49-33-16-12-25-39(49)40-26-13-17-34-50(40)59)44-30-18-28-43-41-27-14-15-32-48(41)58(52(43)44)37-23-10-7-11-24-37/h4-35,54H,2H2,1,3H3/b20-4-. The fourth-order valence-electron chi connectivity index (χ4n) is 9.50. The van der Waals surface area contributed by atoms with E-state index in [2.05, 4.69) is 227 Å². The Morgan fingerprint density at radius 3 is 1.66 bits per heavy atom. The summed E-state index contributed by atoms with van der Waals surface area (Å²) in [6, 6.07) is 60.9. The molecule has 59 heavy (non-hydrogen) atoms. The predicted molar refractivity (Wildman–Crippen MR) is 250 cm³/mol. The fourth-order valence-corrected chi connectivity index (χ4v) is 9.50. The molecular formula is C54H41N5. The molecule has 11 rings (SSSR count). The number of rotatable bonds is 7. The maximum atomic E-state index is 5.82. The van der Waals surface area contributed by atoms with Crippen molar-refractivity contribution in [1.82, 2.24) is 18.6 Å². The van der Waals surface area contributed by atoms with Crippen LogP contribution >= 0.6 is 0 Å². The monoisotopic (exact) mass is 759 g/mol. The molecule has 3 aromatic heterocycles. The normalized spacial score (nSPS) is 14.6. The van der Waals surface area contributed by atoms with Gasteiger partial charge in [-0.2, -0.15) is 0 Å². The van der Waals surface area contributed by atoms with Gasteiger partial charge in [-0.05, 0) is 61.5 Å². The third-order valence-electron chi connectivity index (χ3n) is 12.0. The van der Waals surface area contributed by atoms with Crippen molar-refractivity contribution in [3.8, 4) is 11.4 Å². The second-order valence-corrected chi connectivity index (χ2v) is 15.2. The molecular weight excluding hydrogens is 719 g/mol. The molecule has 0 aliphatic carbocycles. The van der Waals surface area contributed by atoms with Crippen LogP contribution in [0.5, 0.6) is 0 Å². The molecule has 5 heteroatoms. The van der Waals surface area contributed by atoms with Crippen LogP contribution in [0.3, 0.4) is 0 Å². The Bertz CT molecular complexity index is 3320. The van der Waals surface area contributed by atoms with E-state index in [0.717, 1.165) is 78.1 Å². The Balaban J connectivity index is 1.26. The Morgan fingerprint density at radius 1 is 0.525 bits per heavy atom. The van der Waals surface area contributed by atoms with Crippen LogP contribution in [0.25, 0.3) is 83.7 Å². The van der Waals surface area contributed by atoms with Crippen LogP contribution in [0.1, 0.15) is 35.6 Å². The molecule has 0 spiro atoms. The Morgan fingerprint density at radius 2 is 1.03 bits per heavy atom. The molecule has 282 valence electrons. The van der Waals surface area contributed by atoms with Crippen LogP contribution in [-0.2, 0) is 0 Å². The van der Waals surface area contributed by atoms with Crippen molar-refractivity contribution in [1.29, 1.82) is 0 Å². The lowest BCUT2D eigenvalue weighted by atomic mass is 9.99. The van der Waals surface area contributed by atoms with E-state index in [1.165, 1.54) is 21.5 Å². The van der Waals surface area contributed by atoms with E-state index in [1.54, 1.807) is 0 Å². The highest BCUT2D eigenvalue weighted by Gasteiger charge is 2.31. The first-order valence-electron chi connectivity index (χ1n) is 20.2. The molecule has 0 saturated carbocycles. The van der Waals surface area contributed by atoms with Crippen molar-refractivity contribution in [2.75, 3.05) is 7.05 Å². The lowest BCUT2D eigenvalue weighted by molar-refractivity contribution is 0.282. The number of aromatic nitrogens is 3. The van der Waals surface area contributed by atoms with Gasteiger partial charge in [-0.15, -0.1) is 0 Å². The minimum atomic E-state index is -0.413. The summed E-state index contributed by atoms with van der Waals surface area (Å²) < 4.78 is 7.20. The van der Waals surface area contributed by atoms with Crippen molar-refractivity contribution in [2.24, 2.45) is 4.99 Å². The summed E-state index contributed by atoms with van der Waals surface area (Å²) in [5.74, 6) is 0. The van der Waals surface area contributed by atoms with Gasteiger partial charge in [0.25, 0.3) is 0 Å². The van der Waals surface area contributed by atoms with Crippen LogP contribution in [0.4, 0.5) is 0 Å². The molecule has 0 radical (unpaired) electrons. The van der Waals surface area contributed by atoms with Crippen molar-refractivity contribution in [2.45, 2.75) is 13.2 Å². The lowest BCUT2D eigenvalue weighted by Crippen LogP contribution is -2.31. The van der Waals surface area contributed by atoms with E-state index < -0.39 is 6.29 Å². The largest absolute Gasteiger partial charge is 0.335 e. The van der Waals surface area contributed by atoms with E-state index in [1.807, 2.05) is 6.08 Å². The number of hydrogen-bond acceptors (Lipinski definition) is 2. The molecule has 0 fully saturated rings. The SMILES string of the molecule is C=Cc1c(/C=C\C)c2cccc(C3=CC(c4cccc5c6ccccc6n(-c6ccccc6)c45)=NC(n4c5ccccc5c5ccccc54)N3C)c2n1-c1ccccc1. The van der Waals surface area contributed by atoms with Crippen LogP contribution in [0.2, 0.25) is 0 Å². The summed E-state index contributed by atoms with van der Waals surface area (Å²) in [7, 11) is 2.19. The summed E-state index contributed by atoms with van der Waals surface area (Å²) in [5.41, 5.74) is 14.3. The van der Waals surface area contributed by atoms with Crippen molar-refractivity contribution < 1.29 is 0 Å². The van der Waals surface area contributed by atoms with Gasteiger partial charge in [0.1, 0.15) is 0 Å². The first-order chi connectivity index (χ1) is 29.2. The van der Waals surface area contributed by atoms with E-state index in [9.17, 15) is 0 Å². The molecule has 10 aromatic rings. The highest BCUT2D eigenvalue weighted by Crippen LogP contribution is 2.43. The summed E-state index contributed by atoms with van der Waals surface area (Å²) in [6.07, 6.45) is 8.21. The van der Waals surface area contributed by atoms with E-state index >= 15 is 0 Å². The molecule has 0 bridgehead atoms. The van der Waals surface area contributed by atoms with E-state index in [4.69, 9.17) is 4.99 Å². The predicted octanol–water partition coefficient (Wildman–Crippen LogP) is 13.4. The summed E-state index contributed by atoms with van der Waals surface area (Å²) in [6.45, 7) is 6.42. The van der Waals surface area contributed by atoms with Crippen molar-refractivity contribution in [3.05, 3.63) is 211 Å². The number of fused-ring (bicyclic) bond motifs is 7. The number of para-hydroxylation sites is 7. The van der Waals surface area contributed by atoms with E-state index in [0.29, 0.717) is 0 Å². The van der Waals surface area contributed by atoms with Gasteiger partial charge in [-0.25, -0.2) is 4.99 Å². The highest BCUT2D eigenvalue weighted by molar-refractivity contribution is 6.23. The second-order valence-electron chi connectivity index (χ2n) is 15.2. The van der Waals surface area contributed by atoms with Crippen LogP contribution in [0.15, 0.2) is 194 Å². The molecule has 4 heterocycles. The smallest absolute Gasteiger partial charge is 0.203 e. The first-order valence-corrected chi connectivity index (χ1v) is 20.2. The molecule has 0 N–H and O–H groups in total. The van der Waals surface area contributed by atoms with Gasteiger partial charge in [0.15, 0.2) is 0 Å². The maximum Gasteiger partial charge on any atom is 0.203 e. The van der Waals surface area contributed by atoms with Crippen LogP contribution < -0.4 is 0 Å². The number of benzene rings is 7. The Hall–Kier alpha value is -7.63. The molecule has 1 unspecified atom stereocenters. The number of aliphatic imine (C=N–C) groups is 1. The van der Waals surface area contributed by atoms with Gasteiger partial charge in [-0.1, -0.05) is 146 Å². The van der Waals surface area contributed by atoms with Gasteiger partial charge in [0.05, 0.1) is 44.7 Å². The second kappa shape index (κ2) is 13.8. The van der Waals surface area contributed by atoms with Crippen molar-refractivity contribution >= 4 is 78.1 Å². The lowest BCUT2D eigenvalue weighted by Gasteiger charge is -2.35. The molecule has 1 atom stereocenters. The minimum Gasteiger partial charge on any atom is -0.335 e. The number of nitrogens with zero attached hydrogens (tertiary/aromatic N) is 5. The van der Waals surface area contributed by atoms with Gasteiger partial charge >= 0.3 is 0 Å². The fraction of sp³-hybridized carbons (Fsp3) is 0.0556.